The average Bonchev–Trinajstić information content (AvgIpc) is 3.64. The first-order valence-electron chi connectivity index (χ1n) is 13.5. The average molecular weight is 745 g/mol. The third-order valence-electron chi connectivity index (χ3n) is 7.11. The topological polar surface area (TPSA) is 364 Å². The normalized spacial score (nSPS) is 31.9. The van der Waals surface area contributed by atoms with Crippen LogP contribution in [0.25, 0.3) is 11.2 Å². The standard InChI is InChI=1S/C21H30N7O17P3/c22-17-12-19(25-7-24-17)28(8-26-12)21-16(44-46(33,34)35)14(30)11(43-21)6-41-48(38,39)45-47(36,37)40-5-10-13(29)15(31)20(42-10)27-3-1-2-9(4-27)18(23)32/h1-2,4,7-8,10-11,13-16,20-21,29-31H,3,5-6H2,(H2,23,32)(H,36,37)(H,38,39)(H2,22,24,25)(H2,33,34,35)/t10-,11-,13+,14-,15-,16-,20-,21-/m1/s1. The Morgan fingerprint density at radius 3 is 2.19 bits per heavy atom. The van der Waals surface area contributed by atoms with Gasteiger partial charge < -0.3 is 60.7 Å². The lowest BCUT2D eigenvalue weighted by Crippen LogP contribution is -2.42. The van der Waals surface area contributed by atoms with Gasteiger partial charge in [-0.05, 0) is 0 Å². The number of carbonyl (C=O) groups is 1. The third-order valence-corrected chi connectivity index (χ3v) is 10.2. The van der Waals surface area contributed by atoms with E-state index in [1.165, 1.54) is 23.3 Å². The van der Waals surface area contributed by atoms with Gasteiger partial charge in [-0.3, -0.25) is 22.9 Å². The van der Waals surface area contributed by atoms with E-state index in [4.69, 9.17) is 30.0 Å². The van der Waals surface area contributed by atoms with E-state index in [9.17, 15) is 53.4 Å². The number of phosphoric ester groups is 3. The summed E-state index contributed by atoms with van der Waals surface area (Å²) in [5.41, 5.74) is 11.2. The van der Waals surface area contributed by atoms with Crippen LogP contribution in [0.3, 0.4) is 0 Å². The molecule has 27 heteroatoms. The molecule has 266 valence electrons. The molecule has 48 heavy (non-hydrogen) atoms. The van der Waals surface area contributed by atoms with Gasteiger partial charge in [-0.25, -0.2) is 28.6 Å². The Morgan fingerprint density at radius 2 is 1.56 bits per heavy atom. The first kappa shape index (κ1) is 36.5. The van der Waals surface area contributed by atoms with Gasteiger partial charge >= 0.3 is 23.5 Å². The van der Waals surface area contributed by atoms with Crippen LogP contribution in [0.1, 0.15) is 6.23 Å². The Balaban J connectivity index is 1.20. The Hall–Kier alpha value is -2.73. The van der Waals surface area contributed by atoms with Gasteiger partial charge in [-0.15, -0.1) is 0 Å². The van der Waals surface area contributed by atoms with Gasteiger partial charge in [0.05, 0.1) is 25.1 Å². The SMILES string of the molecule is NC(=O)C1=CN([C@@H]2O[C@H](COP(=O)(O)OP(=O)(O)OC[C@H]3O[C@@H](n4cnc5c(N)ncnc54)[C@H](OP(=O)(O)O)[C@@H]3O)[C@H](O)[C@H]2O)CC=C1. The van der Waals surface area contributed by atoms with E-state index in [-0.39, 0.29) is 29.1 Å². The lowest BCUT2D eigenvalue weighted by molar-refractivity contribution is -0.114. The monoisotopic (exact) mass is 745 g/mol. The van der Waals surface area contributed by atoms with E-state index in [1.54, 1.807) is 0 Å². The maximum atomic E-state index is 12.6. The fourth-order valence-corrected chi connectivity index (χ4v) is 7.60. The molecule has 1 amide bonds. The van der Waals surface area contributed by atoms with E-state index in [0.29, 0.717) is 0 Å². The number of nitrogens with two attached hydrogens (primary N) is 2. The summed E-state index contributed by atoms with van der Waals surface area (Å²) in [4.78, 5) is 63.5. The number of imidazole rings is 1. The summed E-state index contributed by atoms with van der Waals surface area (Å²) in [6, 6.07) is 0. The van der Waals surface area contributed by atoms with Gasteiger partial charge in [-0.1, -0.05) is 12.2 Å². The Kier molecular flexibility index (Phi) is 10.6. The number of anilines is 1. The number of nitrogen functional groups attached to an aromatic ring is 1. The molecule has 10 atom stereocenters. The first-order chi connectivity index (χ1) is 22.4. The number of hydrogen-bond acceptors (Lipinski definition) is 18. The van der Waals surface area contributed by atoms with Crippen molar-refractivity contribution < 1.29 is 80.7 Å². The largest absolute Gasteiger partial charge is 0.481 e. The highest BCUT2D eigenvalue weighted by Crippen LogP contribution is 2.61. The van der Waals surface area contributed by atoms with Crippen LogP contribution in [0.2, 0.25) is 0 Å². The van der Waals surface area contributed by atoms with Crippen LogP contribution in [0, 0.1) is 0 Å². The molecule has 5 rings (SSSR count). The fraction of sp³-hybridized carbons (Fsp3) is 0.524. The zero-order valence-corrected chi connectivity index (χ0v) is 26.8. The summed E-state index contributed by atoms with van der Waals surface area (Å²) in [6.07, 6.45) is -6.60. The summed E-state index contributed by atoms with van der Waals surface area (Å²) in [5.74, 6) is -0.826. The van der Waals surface area contributed by atoms with Crippen molar-refractivity contribution in [1.82, 2.24) is 24.4 Å². The molecular formula is C21H30N7O17P3. The van der Waals surface area contributed by atoms with Crippen LogP contribution in [0.4, 0.5) is 5.82 Å². The fourth-order valence-electron chi connectivity index (χ4n) is 4.96. The van der Waals surface area contributed by atoms with Crippen molar-refractivity contribution in [2.75, 3.05) is 25.5 Å². The van der Waals surface area contributed by atoms with Gasteiger partial charge in [0.25, 0.3) is 0 Å². The minimum atomic E-state index is -5.52. The van der Waals surface area contributed by atoms with Crippen molar-refractivity contribution in [3.05, 3.63) is 36.6 Å². The second-order valence-electron chi connectivity index (χ2n) is 10.4. The lowest BCUT2D eigenvalue weighted by atomic mass is 10.1. The first-order valence-corrected chi connectivity index (χ1v) is 18.0. The summed E-state index contributed by atoms with van der Waals surface area (Å²) in [7, 11) is -16.3. The number of hydrogen-bond donors (Lipinski definition) is 9. The zero-order chi connectivity index (χ0) is 35.2. The molecule has 2 fully saturated rings. The van der Waals surface area contributed by atoms with Crippen molar-refractivity contribution in [1.29, 1.82) is 0 Å². The molecule has 0 spiro atoms. The van der Waals surface area contributed by atoms with Gasteiger partial charge in [0.1, 0.15) is 48.5 Å². The Morgan fingerprint density at radius 1 is 0.938 bits per heavy atom. The third kappa shape index (κ3) is 8.17. The van der Waals surface area contributed by atoms with Crippen LogP contribution in [-0.4, -0.2) is 128 Å². The molecule has 3 aliphatic rings. The molecule has 0 saturated carbocycles. The van der Waals surface area contributed by atoms with Crippen molar-refractivity contribution in [3.63, 3.8) is 0 Å². The summed E-state index contributed by atoms with van der Waals surface area (Å²) in [6.45, 7) is -1.88. The van der Waals surface area contributed by atoms with Crippen LogP contribution < -0.4 is 11.5 Å². The maximum Gasteiger partial charge on any atom is 0.481 e. The van der Waals surface area contributed by atoms with Crippen molar-refractivity contribution in [2.24, 2.45) is 5.73 Å². The second kappa shape index (κ2) is 13.9. The molecule has 11 N–H and O–H groups in total. The van der Waals surface area contributed by atoms with Crippen LogP contribution in [0.5, 0.6) is 0 Å². The van der Waals surface area contributed by atoms with Crippen molar-refractivity contribution in [2.45, 2.75) is 49.1 Å². The second-order valence-corrected chi connectivity index (χ2v) is 14.6. The van der Waals surface area contributed by atoms with E-state index >= 15 is 0 Å². The van der Waals surface area contributed by atoms with Gasteiger partial charge in [0.2, 0.25) is 5.91 Å². The molecule has 2 saturated heterocycles. The van der Waals surface area contributed by atoms with Crippen LogP contribution >= 0.6 is 23.5 Å². The predicted octanol–water partition coefficient (Wildman–Crippen LogP) is -2.92. The van der Waals surface area contributed by atoms with Gasteiger partial charge in [0.15, 0.2) is 23.9 Å². The van der Waals surface area contributed by atoms with E-state index in [0.717, 1.165) is 17.2 Å². The zero-order valence-electron chi connectivity index (χ0n) is 24.1. The lowest BCUT2D eigenvalue weighted by Gasteiger charge is -2.30. The Labute approximate surface area is 268 Å². The number of nitrogens with zero attached hydrogens (tertiary/aromatic N) is 5. The molecule has 0 aliphatic carbocycles. The number of carbonyl (C=O) groups excluding carboxylic acids is 1. The number of fused-ring (bicyclic) bond motifs is 1. The number of phosphoric acid groups is 3. The number of rotatable bonds is 13. The highest BCUT2D eigenvalue weighted by Gasteiger charge is 2.51. The molecule has 0 bridgehead atoms. The smallest absolute Gasteiger partial charge is 0.387 e. The minimum absolute atomic E-state index is 0.00459. The number of amides is 1. The molecular weight excluding hydrogens is 715 g/mol. The molecule has 2 unspecified atom stereocenters. The molecule has 5 heterocycles. The predicted molar refractivity (Wildman–Crippen MR) is 153 cm³/mol. The number of primary amides is 1. The molecule has 2 aromatic rings. The van der Waals surface area contributed by atoms with Gasteiger partial charge in [0, 0.05) is 12.7 Å². The molecule has 24 nitrogen and oxygen atoms in total. The number of aliphatic hydroxyl groups is 3. The van der Waals surface area contributed by atoms with E-state index < -0.39 is 91.7 Å². The van der Waals surface area contributed by atoms with Crippen LogP contribution in [0.15, 0.2) is 36.6 Å². The molecule has 2 aromatic heterocycles. The van der Waals surface area contributed by atoms with Crippen molar-refractivity contribution >= 4 is 46.4 Å². The maximum absolute atomic E-state index is 12.6. The van der Waals surface area contributed by atoms with E-state index in [2.05, 4.69) is 23.8 Å². The number of ether oxygens (including phenoxy) is 2. The molecule has 3 aliphatic heterocycles. The summed E-state index contributed by atoms with van der Waals surface area (Å²) < 4.78 is 67.2. The summed E-state index contributed by atoms with van der Waals surface area (Å²) in [5, 5.41) is 31.6. The quantitative estimate of drug-likeness (QED) is 0.0927. The minimum Gasteiger partial charge on any atom is -0.387 e. The van der Waals surface area contributed by atoms with Gasteiger partial charge in [-0.2, -0.15) is 4.31 Å². The highest BCUT2D eigenvalue weighted by molar-refractivity contribution is 7.61. The highest BCUT2D eigenvalue weighted by atomic mass is 31.3. The van der Waals surface area contributed by atoms with Crippen LogP contribution in [-0.2, 0) is 45.8 Å². The van der Waals surface area contributed by atoms with E-state index in [1.807, 2.05) is 0 Å². The molecule has 0 aromatic carbocycles. The number of aliphatic hydroxyl groups excluding tert-OH is 3. The Bertz CT molecular complexity index is 1740. The molecule has 0 radical (unpaired) electrons. The number of aromatic nitrogens is 4. The van der Waals surface area contributed by atoms with Crippen molar-refractivity contribution in [3.8, 4) is 0 Å². The summed E-state index contributed by atoms with van der Waals surface area (Å²) >= 11 is 0.